The van der Waals surface area contributed by atoms with Gasteiger partial charge in [-0.25, -0.2) is 0 Å². The van der Waals surface area contributed by atoms with Crippen molar-refractivity contribution in [3.05, 3.63) is 24.3 Å². The van der Waals surface area contributed by atoms with E-state index in [2.05, 4.69) is 11.8 Å². The van der Waals surface area contributed by atoms with Crippen molar-refractivity contribution in [1.29, 1.82) is 0 Å². The Hall–Kier alpha value is -1.62. The third-order valence-corrected chi connectivity index (χ3v) is 1.34. The van der Waals surface area contributed by atoms with Gasteiger partial charge in [0.2, 0.25) is 0 Å². The summed E-state index contributed by atoms with van der Waals surface area (Å²) in [6, 6.07) is 6.82. The fraction of sp³-hybridized carbons (Fsp3) is 0.200. The first-order chi connectivity index (χ1) is 5.84. The first-order valence-corrected chi connectivity index (χ1v) is 3.65. The van der Waals surface area contributed by atoms with Gasteiger partial charge in [0.05, 0.1) is 0 Å². The van der Waals surface area contributed by atoms with Gasteiger partial charge in [0.25, 0.3) is 0 Å². The molecule has 0 aliphatic heterocycles. The van der Waals surface area contributed by atoms with E-state index in [4.69, 9.17) is 4.74 Å². The normalized spacial score (nSPS) is 8.42. The van der Waals surface area contributed by atoms with Crippen LogP contribution >= 0.6 is 0 Å². The molecule has 2 heteroatoms. The Balaban J connectivity index is 2.61. The molecule has 1 rings (SSSR count). The van der Waals surface area contributed by atoms with Gasteiger partial charge in [-0.15, -0.1) is 5.92 Å². The third-order valence-electron chi connectivity index (χ3n) is 1.34. The van der Waals surface area contributed by atoms with Crippen molar-refractivity contribution in [3.63, 3.8) is 0 Å². The van der Waals surface area contributed by atoms with Crippen LogP contribution in [0.1, 0.15) is 6.92 Å². The van der Waals surface area contributed by atoms with E-state index in [-0.39, 0.29) is 5.75 Å². The topological polar surface area (TPSA) is 29.5 Å². The van der Waals surface area contributed by atoms with Crippen LogP contribution in [-0.4, -0.2) is 11.7 Å². The molecule has 0 unspecified atom stereocenters. The molecule has 0 radical (unpaired) electrons. The zero-order valence-electron chi connectivity index (χ0n) is 6.87. The molecule has 12 heavy (non-hydrogen) atoms. The number of phenols is 1. The highest BCUT2D eigenvalue weighted by Gasteiger charge is 1.97. The summed E-state index contributed by atoms with van der Waals surface area (Å²) < 4.78 is 5.15. The fourth-order valence-corrected chi connectivity index (χ4v) is 0.765. The number of benzene rings is 1. The lowest BCUT2D eigenvalue weighted by Gasteiger charge is -2.02. The molecule has 0 saturated heterocycles. The summed E-state index contributed by atoms with van der Waals surface area (Å²) in [5.74, 6) is 6.06. The van der Waals surface area contributed by atoms with Crippen molar-refractivity contribution in [2.45, 2.75) is 6.92 Å². The Labute approximate surface area is 71.8 Å². The number of hydrogen-bond acceptors (Lipinski definition) is 2. The van der Waals surface area contributed by atoms with Crippen LogP contribution in [-0.2, 0) is 0 Å². The van der Waals surface area contributed by atoms with Crippen molar-refractivity contribution in [3.8, 4) is 23.3 Å². The Kier molecular flexibility index (Phi) is 3.04. The molecule has 62 valence electrons. The van der Waals surface area contributed by atoms with Crippen molar-refractivity contribution in [2.24, 2.45) is 0 Å². The molecule has 0 saturated carbocycles. The SMILES string of the molecule is CC#CCOc1ccccc1O. The summed E-state index contributed by atoms with van der Waals surface area (Å²) in [4.78, 5) is 0. The highest BCUT2D eigenvalue weighted by atomic mass is 16.5. The van der Waals surface area contributed by atoms with E-state index >= 15 is 0 Å². The van der Waals surface area contributed by atoms with Gasteiger partial charge in [-0.1, -0.05) is 18.1 Å². The molecule has 1 aromatic rings. The van der Waals surface area contributed by atoms with Crippen LogP contribution in [0.2, 0.25) is 0 Å². The second kappa shape index (κ2) is 4.30. The highest BCUT2D eigenvalue weighted by Crippen LogP contribution is 2.23. The summed E-state index contributed by atoms with van der Waals surface area (Å²) in [6.07, 6.45) is 0. The Bertz CT molecular complexity index is 307. The van der Waals surface area contributed by atoms with Crippen LogP contribution in [0.3, 0.4) is 0 Å². The standard InChI is InChI=1S/C10H10O2/c1-2-3-8-12-10-7-5-4-6-9(10)11/h4-7,11H,8H2,1H3. The van der Waals surface area contributed by atoms with E-state index in [1.807, 2.05) is 0 Å². The molecule has 0 spiro atoms. The van der Waals surface area contributed by atoms with Crippen LogP contribution in [0, 0.1) is 11.8 Å². The van der Waals surface area contributed by atoms with E-state index in [0.717, 1.165) is 0 Å². The summed E-state index contributed by atoms with van der Waals surface area (Å²) in [5.41, 5.74) is 0. The van der Waals surface area contributed by atoms with Crippen molar-refractivity contribution in [1.82, 2.24) is 0 Å². The fourth-order valence-electron chi connectivity index (χ4n) is 0.765. The largest absolute Gasteiger partial charge is 0.504 e. The molecule has 1 N–H and O–H groups in total. The van der Waals surface area contributed by atoms with E-state index in [0.29, 0.717) is 12.4 Å². The maximum absolute atomic E-state index is 9.24. The second-order valence-electron chi connectivity index (χ2n) is 2.18. The molecule has 0 fully saturated rings. The van der Waals surface area contributed by atoms with Crippen LogP contribution in [0.25, 0.3) is 0 Å². The molecule has 0 aliphatic carbocycles. The minimum atomic E-state index is 0.149. The molecule has 0 heterocycles. The van der Waals surface area contributed by atoms with E-state index in [1.54, 1.807) is 31.2 Å². The lowest BCUT2D eigenvalue weighted by Crippen LogP contribution is -1.93. The molecule has 2 nitrogen and oxygen atoms in total. The summed E-state index contributed by atoms with van der Waals surface area (Å²) in [5, 5.41) is 9.24. The number of phenolic OH excluding ortho intramolecular Hbond substituents is 1. The van der Waals surface area contributed by atoms with E-state index < -0.39 is 0 Å². The van der Waals surface area contributed by atoms with Gasteiger partial charge in [0.1, 0.15) is 6.61 Å². The number of hydrogen-bond donors (Lipinski definition) is 1. The Morgan fingerprint density at radius 3 is 2.83 bits per heavy atom. The van der Waals surface area contributed by atoms with E-state index in [9.17, 15) is 5.11 Å². The van der Waals surface area contributed by atoms with Gasteiger partial charge >= 0.3 is 0 Å². The zero-order valence-corrected chi connectivity index (χ0v) is 6.87. The molecule has 0 aromatic heterocycles. The van der Waals surface area contributed by atoms with Gasteiger partial charge in [0.15, 0.2) is 11.5 Å². The van der Waals surface area contributed by atoms with Crippen LogP contribution in [0.5, 0.6) is 11.5 Å². The second-order valence-corrected chi connectivity index (χ2v) is 2.18. The third kappa shape index (κ3) is 2.21. The van der Waals surface area contributed by atoms with Gasteiger partial charge < -0.3 is 9.84 Å². The minimum Gasteiger partial charge on any atom is -0.504 e. The maximum Gasteiger partial charge on any atom is 0.162 e. The lowest BCUT2D eigenvalue weighted by molar-refractivity contribution is 0.342. The van der Waals surface area contributed by atoms with Crippen molar-refractivity contribution >= 4 is 0 Å². The molecule has 0 aliphatic rings. The van der Waals surface area contributed by atoms with Crippen LogP contribution in [0.15, 0.2) is 24.3 Å². The maximum atomic E-state index is 9.24. The predicted octanol–water partition coefficient (Wildman–Crippen LogP) is 1.79. The van der Waals surface area contributed by atoms with Gasteiger partial charge in [-0.3, -0.25) is 0 Å². The molecule has 1 aromatic carbocycles. The molecule has 0 amide bonds. The number of ether oxygens (including phenoxy) is 1. The van der Waals surface area contributed by atoms with Gasteiger partial charge in [0, 0.05) is 0 Å². The number of rotatable bonds is 2. The van der Waals surface area contributed by atoms with E-state index in [1.165, 1.54) is 0 Å². The average molecular weight is 162 g/mol. The summed E-state index contributed by atoms with van der Waals surface area (Å²) >= 11 is 0. The van der Waals surface area contributed by atoms with Crippen molar-refractivity contribution < 1.29 is 9.84 Å². The summed E-state index contributed by atoms with van der Waals surface area (Å²) in [7, 11) is 0. The average Bonchev–Trinajstić information content (AvgIpc) is 2.09. The van der Waals surface area contributed by atoms with Crippen molar-refractivity contribution in [2.75, 3.05) is 6.61 Å². The quantitative estimate of drug-likeness (QED) is 0.672. The summed E-state index contributed by atoms with van der Waals surface area (Å²) in [6.45, 7) is 2.06. The number of aromatic hydroxyl groups is 1. The lowest BCUT2D eigenvalue weighted by atomic mass is 10.3. The Morgan fingerprint density at radius 1 is 1.42 bits per heavy atom. The van der Waals surface area contributed by atoms with Gasteiger partial charge in [-0.05, 0) is 19.1 Å². The first-order valence-electron chi connectivity index (χ1n) is 3.65. The molecule has 0 bridgehead atoms. The molecular weight excluding hydrogens is 152 g/mol. The molecule has 0 atom stereocenters. The predicted molar refractivity (Wildman–Crippen MR) is 47.1 cm³/mol. The van der Waals surface area contributed by atoms with Crippen LogP contribution < -0.4 is 4.74 Å². The number of para-hydroxylation sites is 2. The van der Waals surface area contributed by atoms with Gasteiger partial charge in [-0.2, -0.15) is 0 Å². The minimum absolute atomic E-state index is 0.149. The Morgan fingerprint density at radius 2 is 2.17 bits per heavy atom. The molecular formula is C10H10O2. The zero-order chi connectivity index (χ0) is 8.81. The first kappa shape index (κ1) is 8.48. The smallest absolute Gasteiger partial charge is 0.162 e. The monoisotopic (exact) mass is 162 g/mol. The van der Waals surface area contributed by atoms with Crippen LogP contribution in [0.4, 0.5) is 0 Å². The highest BCUT2D eigenvalue weighted by molar-refractivity contribution is 5.38.